The highest BCUT2D eigenvalue weighted by molar-refractivity contribution is 9.10. The van der Waals surface area contributed by atoms with Crippen molar-refractivity contribution in [3.63, 3.8) is 0 Å². The lowest BCUT2D eigenvalue weighted by atomic mass is 10.0. The van der Waals surface area contributed by atoms with E-state index in [1.54, 1.807) is 6.07 Å². The van der Waals surface area contributed by atoms with Gasteiger partial charge in [0.2, 0.25) is 5.58 Å². The smallest absolute Gasteiger partial charge is 0.320 e. The molecule has 0 radical (unpaired) electrons. The maximum Gasteiger partial charge on any atom is 0.320 e. The van der Waals surface area contributed by atoms with Crippen molar-refractivity contribution >= 4 is 43.6 Å². The summed E-state index contributed by atoms with van der Waals surface area (Å²) in [6.45, 7) is 0. The van der Waals surface area contributed by atoms with E-state index in [0.29, 0.717) is 16.7 Å². The number of halogens is 1. The zero-order valence-electron chi connectivity index (χ0n) is 11.8. The van der Waals surface area contributed by atoms with Crippen molar-refractivity contribution in [2.75, 3.05) is 0 Å². The Morgan fingerprint density at radius 2 is 1.61 bits per heavy atom. The van der Waals surface area contributed by atoms with Crippen molar-refractivity contribution in [1.82, 2.24) is 0 Å². The number of hydrogen-bond donors (Lipinski definition) is 0. The molecule has 0 aliphatic carbocycles. The molecule has 0 atom stereocenters. The number of fused-ring (bicyclic) bond motifs is 3. The Kier molecular flexibility index (Phi) is 3.16. The van der Waals surface area contributed by atoms with E-state index in [-0.39, 0.29) is 10.6 Å². The molecule has 0 spiro atoms. The van der Waals surface area contributed by atoms with Crippen LogP contribution in [0.2, 0.25) is 0 Å². The third-order valence-corrected chi connectivity index (χ3v) is 4.56. The molecule has 0 bridgehead atoms. The zero-order valence-corrected chi connectivity index (χ0v) is 13.4. The summed E-state index contributed by atoms with van der Waals surface area (Å²) in [6, 6.07) is 18.6. The third kappa shape index (κ3) is 2.12. The van der Waals surface area contributed by atoms with E-state index in [4.69, 9.17) is 4.42 Å². The van der Waals surface area contributed by atoms with Gasteiger partial charge in [0.25, 0.3) is 0 Å². The maximum atomic E-state index is 11.7. The molecule has 0 aliphatic heterocycles. The molecular weight excluding hydrogens is 358 g/mol. The molecule has 1 aromatic heterocycles. The van der Waals surface area contributed by atoms with Gasteiger partial charge in [-0.05, 0) is 24.3 Å². The van der Waals surface area contributed by atoms with Gasteiger partial charge in [0.05, 0.1) is 10.5 Å². The first-order chi connectivity index (χ1) is 11.2. The predicted molar refractivity (Wildman–Crippen MR) is 93.5 cm³/mol. The van der Waals surface area contributed by atoms with Crippen LogP contribution in [0.4, 0.5) is 5.69 Å². The Labute approximate surface area is 139 Å². The summed E-state index contributed by atoms with van der Waals surface area (Å²) >= 11 is 3.46. The SMILES string of the molecule is O=[N+]([O-])c1c(-c2ccccc2Br)ccc2c1oc1ccccc12. The zero-order chi connectivity index (χ0) is 16.0. The Hall–Kier alpha value is -2.66. The Morgan fingerprint density at radius 3 is 2.39 bits per heavy atom. The van der Waals surface area contributed by atoms with Gasteiger partial charge in [-0.2, -0.15) is 0 Å². The highest BCUT2D eigenvalue weighted by Crippen LogP contribution is 2.42. The molecule has 4 nitrogen and oxygen atoms in total. The number of nitro benzene ring substituents is 1. The summed E-state index contributed by atoms with van der Waals surface area (Å²) in [4.78, 5) is 11.4. The van der Waals surface area contributed by atoms with Crippen LogP contribution in [0.3, 0.4) is 0 Å². The van der Waals surface area contributed by atoms with Crippen LogP contribution >= 0.6 is 15.9 Å². The second kappa shape index (κ2) is 5.21. The van der Waals surface area contributed by atoms with Crippen LogP contribution in [0.1, 0.15) is 0 Å². The quantitative estimate of drug-likeness (QED) is 0.326. The van der Waals surface area contributed by atoms with Crippen LogP contribution in [0.25, 0.3) is 33.1 Å². The molecule has 5 heteroatoms. The Bertz CT molecular complexity index is 1070. The highest BCUT2D eigenvalue weighted by atomic mass is 79.9. The molecule has 1 heterocycles. The van der Waals surface area contributed by atoms with Gasteiger partial charge in [0.15, 0.2) is 0 Å². The number of hydrogen-bond acceptors (Lipinski definition) is 3. The fourth-order valence-corrected chi connectivity index (χ4v) is 3.35. The standard InChI is InChI=1S/C18H10BrNO3/c19-15-7-3-1-5-11(15)13-9-10-14-12-6-2-4-8-16(12)23-18(14)17(13)20(21)22/h1-10H. The van der Waals surface area contributed by atoms with Crippen LogP contribution in [0.5, 0.6) is 0 Å². The van der Waals surface area contributed by atoms with E-state index in [2.05, 4.69) is 15.9 Å². The summed E-state index contributed by atoms with van der Waals surface area (Å²) in [5, 5.41) is 13.4. The minimum Gasteiger partial charge on any atom is -0.449 e. The molecule has 0 amide bonds. The van der Waals surface area contributed by atoms with Gasteiger partial charge in [-0.1, -0.05) is 52.3 Å². The van der Waals surface area contributed by atoms with Gasteiger partial charge in [-0.25, -0.2) is 0 Å². The number of benzene rings is 3. The number of rotatable bonds is 2. The minimum absolute atomic E-state index is 0.00870. The van der Waals surface area contributed by atoms with E-state index >= 15 is 0 Å². The lowest BCUT2D eigenvalue weighted by Gasteiger charge is -2.06. The lowest BCUT2D eigenvalue weighted by Crippen LogP contribution is -1.93. The maximum absolute atomic E-state index is 11.7. The summed E-state index contributed by atoms with van der Waals surface area (Å²) < 4.78 is 6.59. The fourth-order valence-electron chi connectivity index (χ4n) is 2.85. The van der Waals surface area contributed by atoms with E-state index < -0.39 is 0 Å². The van der Waals surface area contributed by atoms with Crippen molar-refractivity contribution < 1.29 is 9.34 Å². The van der Waals surface area contributed by atoms with Crippen LogP contribution in [-0.2, 0) is 0 Å². The summed E-state index contributed by atoms with van der Waals surface area (Å²) in [7, 11) is 0. The van der Waals surface area contributed by atoms with Crippen LogP contribution in [0, 0.1) is 10.1 Å². The molecule has 0 saturated carbocycles. The molecule has 23 heavy (non-hydrogen) atoms. The summed E-state index contributed by atoms with van der Waals surface area (Å²) in [5.41, 5.74) is 2.25. The Balaban J connectivity index is 2.14. The predicted octanol–water partition coefficient (Wildman–Crippen LogP) is 5.92. The molecule has 0 N–H and O–H groups in total. The molecule has 112 valence electrons. The lowest BCUT2D eigenvalue weighted by molar-refractivity contribution is -0.382. The normalized spacial score (nSPS) is 11.2. The largest absolute Gasteiger partial charge is 0.449 e. The molecule has 4 aromatic rings. The number of para-hydroxylation sites is 1. The van der Waals surface area contributed by atoms with Crippen molar-refractivity contribution in [3.05, 3.63) is 75.3 Å². The van der Waals surface area contributed by atoms with Gasteiger partial charge >= 0.3 is 5.69 Å². The fraction of sp³-hybridized carbons (Fsp3) is 0. The monoisotopic (exact) mass is 367 g/mol. The van der Waals surface area contributed by atoms with E-state index in [0.717, 1.165) is 20.8 Å². The molecule has 4 rings (SSSR count). The van der Waals surface area contributed by atoms with Gasteiger partial charge in [-0.15, -0.1) is 0 Å². The van der Waals surface area contributed by atoms with E-state index in [9.17, 15) is 10.1 Å². The van der Waals surface area contributed by atoms with Crippen molar-refractivity contribution in [1.29, 1.82) is 0 Å². The van der Waals surface area contributed by atoms with Crippen LogP contribution in [-0.4, -0.2) is 4.92 Å². The van der Waals surface area contributed by atoms with Crippen LogP contribution < -0.4 is 0 Å². The first kappa shape index (κ1) is 14.0. The molecule has 0 unspecified atom stereocenters. The molecule has 3 aromatic carbocycles. The van der Waals surface area contributed by atoms with Gasteiger partial charge < -0.3 is 4.42 Å². The average molecular weight is 368 g/mol. The minimum atomic E-state index is -0.376. The number of nitrogens with zero attached hydrogens (tertiary/aromatic N) is 1. The second-order valence-corrected chi connectivity index (χ2v) is 6.03. The molecule has 0 saturated heterocycles. The van der Waals surface area contributed by atoms with Crippen molar-refractivity contribution in [2.24, 2.45) is 0 Å². The van der Waals surface area contributed by atoms with Gasteiger partial charge in [0, 0.05) is 20.8 Å². The average Bonchev–Trinajstić information content (AvgIpc) is 2.92. The topological polar surface area (TPSA) is 56.3 Å². The molecule has 0 fully saturated rings. The van der Waals surface area contributed by atoms with Crippen molar-refractivity contribution in [2.45, 2.75) is 0 Å². The third-order valence-electron chi connectivity index (χ3n) is 3.87. The van der Waals surface area contributed by atoms with Crippen molar-refractivity contribution in [3.8, 4) is 11.1 Å². The number of nitro groups is 1. The number of furan rings is 1. The summed E-state index contributed by atoms with van der Waals surface area (Å²) in [5.74, 6) is 0. The summed E-state index contributed by atoms with van der Waals surface area (Å²) in [6.07, 6.45) is 0. The van der Waals surface area contributed by atoms with E-state index in [1.807, 2.05) is 54.6 Å². The first-order valence-electron chi connectivity index (χ1n) is 7.00. The first-order valence-corrected chi connectivity index (χ1v) is 7.79. The molecular formula is C18H10BrNO3. The second-order valence-electron chi connectivity index (χ2n) is 5.17. The molecule has 0 aliphatic rings. The van der Waals surface area contributed by atoms with Gasteiger partial charge in [0.1, 0.15) is 5.58 Å². The van der Waals surface area contributed by atoms with E-state index in [1.165, 1.54) is 0 Å². The highest BCUT2D eigenvalue weighted by Gasteiger charge is 2.25. The van der Waals surface area contributed by atoms with Gasteiger partial charge in [-0.3, -0.25) is 10.1 Å². The Morgan fingerprint density at radius 1 is 0.870 bits per heavy atom. The van der Waals surface area contributed by atoms with Crippen LogP contribution in [0.15, 0.2) is 69.6 Å².